The molecule has 0 aliphatic rings. The minimum absolute atomic E-state index is 0.726. The van der Waals surface area contributed by atoms with Crippen LogP contribution in [-0.2, 0) is 0 Å². The smallest absolute Gasteiger partial charge is 0.0543 e. The standard InChI is InChI=1S/C10H11Cl2NS/c1-7(5-11)6-14-10-4-8(13)2-3-9(10)12/h2-5H,6,13H2,1H3/b7-5-. The number of hydrogen-bond donors (Lipinski definition) is 1. The minimum Gasteiger partial charge on any atom is -0.399 e. The fourth-order valence-electron chi connectivity index (χ4n) is 0.854. The normalized spacial score (nSPS) is 11.8. The average Bonchev–Trinajstić information content (AvgIpc) is 2.19. The molecule has 1 nitrogen and oxygen atoms in total. The SMILES string of the molecule is C/C(=C/Cl)CSc1cc(N)ccc1Cl. The summed E-state index contributed by atoms with van der Waals surface area (Å²) in [4.78, 5) is 0.990. The highest BCUT2D eigenvalue weighted by atomic mass is 35.5. The third-order valence-corrected chi connectivity index (χ3v) is 3.66. The second kappa shape index (κ2) is 5.54. The summed E-state index contributed by atoms with van der Waals surface area (Å²) in [6, 6.07) is 5.46. The largest absolute Gasteiger partial charge is 0.399 e. The maximum Gasteiger partial charge on any atom is 0.0543 e. The Hall–Kier alpha value is -0.310. The number of nitrogen functional groups attached to an aromatic ring is 1. The summed E-state index contributed by atoms with van der Waals surface area (Å²) in [6.45, 7) is 1.97. The molecule has 0 amide bonds. The van der Waals surface area contributed by atoms with Gasteiger partial charge in [-0.3, -0.25) is 0 Å². The van der Waals surface area contributed by atoms with Crippen molar-refractivity contribution >= 4 is 40.7 Å². The first-order valence-corrected chi connectivity index (χ1v) is 5.87. The molecule has 0 atom stereocenters. The number of rotatable bonds is 3. The van der Waals surface area contributed by atoms with Crippen LogP contribution in [0.25, 0.3) is 0 Å². The van der Waals surface area contributed by atoms with Gasteiger partial charge in [0.2, 0.25) is 0 Å². The van der Waals surface area contributed by atoms with Gasteiger partial charge >= 0.3 is 0 Å². The van der Waals surface area contributed by atoms with Gasteiger partial charge in [0.25, 0.3) is 0 Å². The lowest BCUT2D eigenvalue weighted by Crippen LogP contribution is -1.86. The Morgan fingerprint density at radius 3 is 2.93 bits per heavy atom. The van der Waals surface area contributed by atoms with Gasteiger partial charge in [0.1, 0.15) is 0 Å². The molecular formula is C10H11Cl2NS. The van der Waals surface area contributed by atoms with Crippen LogP contribution in [0.3, 0.4) is 0 Å². The topological polar surface area (TPSA) is 26.0 Å². The van der Waals surface area contributed by atoms with Gasteiger partial charge in [-0.05, 0) is 25.1 Å². The van der Waals surface area contributed by atoms with Crippen LogP contribution in [-0.4, -0.2) is 5.75 Å². The Morgan fingerprint density at radius 2 is 2.29 bits per heavy atom. The average molecular weight is 248 g/mol. The Bertz CT molecular complexity index is 350. The second-order valence-corrected chi connectivity index (χ2v) is 4.58. The Morgan fingerprint density at radius 1 is 1.57 bits per heavy atom. The van der Waals surface area contributed by atoms with E-state index in [1.807, 2.05) is 13.0 Å². The molecule has 76 valence electrons. The van der Waals surface area contributed by atoms with E-state index in [9.17, 15) is 0 Å². The van der Waals surface area contributed by atoms with E-state index in [2.05, 4.69) is 0 Å². The number of hydrogen-bond acceptors (Lipinski definition) is 2. The van der Waals surface area contributed by atoms with Crippen LogP contribution in [0.5, 0.6) is 0 Å². The van der Waals surface area contributed by atoms with E-state index >= 15 is 0 Å². The molecule has 1 aromatic carbocycles. The Kier molecular flexibility index (Phi) is 4.66. The molecule has 0 spiro atoms. The highest BCUT2D eigenvalue weighted by molar-refractivity contribution is 7.99. The van der Waals surface area contributed by atoms with Crippen LogP contribution < -0.4 is 5.73 Å². The molecule has 0 heterocycles. The van der Waals surface area contributed by atoms with Gasteiger partial charge in [-0.25, -0.2) is 0 Å². The summed E-state index contributed by atoms with van der Waals surface area (Å²) >= 11 is 13.2. The first-order chi connectivity index (χ1) is 6.63. The molecule has 0 aliphatic carbocycles. The molecule has 0 radical (unpaired) electrons. The summed E-state index contributed by atoms with van der Waals surface area (Å²) in [5, 5.41) is 0.728. The van der Waals surface area contributed by atoms with Gasteiger partial charge in [0, 0.05) is 21.9 Å². The first-order valence-electron chi connectivity index (χ1n) is 4.07. The Labute approximate surface area is 98.3 Å². The van der Waals surface area contributed by atoms with Gasteiger partial charge in [-0.2, -0.15) is 0 Å². The lowest BCUT2D eigenvalue weighted by Gasteiger charge is -2.04. The van der Waals surface area contributed by atoms with Crippen molar-refractivity contribution in [2.75, 3.05) is 11.5 Å². The van der Waals surface area contributed by atoms with E-state index in [0.29, 0.717) is 0 Å². The summed E-state index contributed by atoms with van der Waals surface area (Å²) in [5.41, 5.74) is 9.06. The van der Waals surface area contributed by atoms with Crippen molar-refractivity contribution in [3.8, 4) is 0 Å². The van der Waals surface area contributed by atoms with Crippen LogP contribution in [0.2, 0.25) is 5.02 Å². The molecule has 1 rings (SSSR count). The molecule has 0 aliphatic heterocycles. The fraction of sp³-hybridized carbons (Fsp3) is 0.200. The molecule has 0 saturated carbocycles. The van der Waals surface area contributed by atoms with Crippen LogP contribution in [0.15, 0.2) is 34.2 Å². The van der Waals surface area contributed by atoms with Crippen molar-refractivity contribution in [3.05, 3.63) is 34.3 Å². The van der Waals surface area contributed by atoms with Gasteiger partial charge in [0.15, 0.2) is 0 Å². The van der Waals surface area contributed by atoms with Crippen molar-refractivity contribution in [2.24, 2.45) is 0 Å². The van der Waals surface area contributed by atoms with Crippen LogP contribution in [0.4, 0.5) is 5.69 Å². The summed E-state index contributed by atoms with van der Waals surface area (Å²) in [5.74, 6) is 0.826. The lowest BCUT2D eigenvalue weighted by molar-refractivity contribution is 1.40. The van der Waals surface area contributed by atoms with E-state index in [1.165, 1.54) is 0 Å². The molecule has 0 bridgehead atoms. The zero-order valence-electron chi connectivity index (χ0n) is 7.76. The number of anilines is 1. The van der Waals surface area contributed by atoms with E-state index in [4.69, 9.17) is 28.9 Å². The van der Waals surface area contributed by atoms with Gasteiger partial charge in [-0.15, -0.1) is 11.8 Å². The van der Waals surface area contributed by atoms with E-state index in [-0.39, 0.29) is 0 Å². The highest BCUT2D eigenvalue weighted by Crippen LogP contribution is 2.30. The molecule has 14 heavy (non-hydrogen) atoms. The van der Waals surface area contributed by atoms with Gasteiger partial charge in [-0.1, -0.05) is 28.8 Å². The van der Waals surface area contributed by atoms with Crippen LogP contribution in [0.1, 0.15) is 6.92 Å². The monoisotopic (exact) mass is 247 g/mol. The number of halogens is 2. The molecule has 0 fully saturated rings. The predicted molar refractivity (Wildman–Crippen MR) is 66.2 cm³/mol. The van der Waals surface area contributed by atoms with E-state index in [1.54, 1.807) is 29.4 Å². The third-order valence-electron chi connectivity index (χ3n) is 1.60. The summed E-state index contributed by atoms with van der Waals surface area (Å²) in [6.07, 6.45) is 0. The zero-order chi connectivity index (χ0) is 10.6. The summed E-state index contributed by atoms with van der Waals surface area (Å²) < 4.78 is 0. The first kappa shape index (κ1) is 11.8. The lowest BCUT2D eigenvalue weighted by atomic mass is 10.3. The molecule has 0 aromatic heterocycles. The molecule has 0 saturated heterocycles. The number of nitrogens with two attached hydrogens (primary N) is 1. The summed E-state index contributed by atoms with van der Waals surface area (Å²) in [7, 11) is 0. The predicted octanol–water partition coefficient (Wildman–Crippen LogP) is 4.16. The highest BCUT2D eigenvalue weighted by Gasteiger charge is 2.01. The third kappa shape index (κ3) is 3.45. The van der Waals surface area contributed by atoms with Crippen LogP contribution >= 0.6 is 35.0 Å². The molecule has 1 aromatic rings. The van der Waals surface area contributed by atoms with Crippen molar-refractivity contribution in [1.29, 1.82) is 0 Å². The van der Waals surface area contributed by atoms with Crippen molar-refractivity contribution in [1.82, 2.24) is 0 Å². The number of benzene rings is 1. The maximum atomic E-state index is 5.99. The zero-order valence-corrected chi connectivity index (χ0v) is 10.1. The fourth-order valence-corrected chi connectivity index (χ4v) is 2.20. The Balaban J connectivity index is 2.71. The quantitative estimate of drug-likeness (QED) is 0.642. The van der Waals surface area contributed by atoms with Crippen molar-refractivity contribution < 1.29 is 0 Å². The molecule has 0 unspecified atom stereocenters. The number of thioether (sulfide) groups is 1. The molecular weight excluding hydrogens is 237 g/mol. The van der Waals surface area contributed by atoms with Gasteiger partial charge < -0.3 is 5.73 Å². The maximum absolute atomic E-state index is 5.99. The van der Waals surface area contributed by atoms with E-state index in [0.717, 1.165) is 26.9 Å². The van der Waals surface area contributed by atoms with Crippen LogP contribution in [0, 0.1) is 0 Å². The van der Waals surface area contributed by atoms with Crippen molar-refractivity contribution in [3.63, 3.8) is 0 Å². The second-order valence-electron chi connectivity index (χ2n) is 2.93. The van der Waals surface area contributed by atoms with Crippen molar-refractivity contribution in [2.45, 2.75) is 11.8 Å². The molecule has 4 heteroatoms. The van der Waals surface area contributed by atoms with E-state index < -0.39 is 0 Å². The minimum atomic E-state index is 0.726. The van der Waals surface area contributed by atoms with Gasteiger partial charge in [0.05, 0.1) is 5.02 Å². The molecule has 2 N–H and O–H groups in total.